The zero-order valence-corrected chi connectivity index (χ0v) is 10.5. The van der Waals surface area contributed by atoms with E-state index in [9.17, 15) is 8.42 Å². The Morgan fingerprint density at radius 2 is 2.20 bits per heavy atom. The minimum atomic E-state index is -2.98. The van der Waals surface area contributed by atoms with E-state index in [1.165, 1.54) is 0 Å². The lowest BCUT2D eigenvalue weighted by molar-refractivity contribution is 0.462. The number of hydrogen-bond acceptors (Lipinski definition) is 3. The first-order valence-corrected chi connectivity index (χ1v) is 7.35. The lowest BCUT2D eigenvalue weighted by atomic mass is 10.2. The highest BCUT2D eigenvalue weighted by molar-refractivity contribution is 7.89. The van der Waals surface area contributed by atoms with Crippen molar-refractivity contribution in [1.29, 1.82) is 0 Å². The van der Waals surface area contributed by atoms with Crippen LogP contribution in [0.4, 0.5) is 0 Å². The van der Waals surface area contributed by atoms with Gasteiger partial charge >= 0.3 is 0 Å². The van der Waals surface area contributed by atoms with Crippen molar-refractivity contribution in [2.45, 2.75) is 26.7 Å². The van der Waals surface area contributed by atoms with Gasteiger partial charge in [0.05, 0.1) is 5.75 Å². The zero-order chi connectivity index (χ0) is 11.3. The average Bonchev–Trinajstić information content (AvgIpc) is 2.60. The Morgan fingerprint density at radius 1 is 1.47 bits per heavy atom. The molecule has 0 aromatic carbocycles. The van der Waals surface area contributed by atoms with Gasteiger partial charge in [-0.1, -0.05) is 13.8 Å². The van der Waals surface area contributed by atoms with Crippen LogP contribution in [0, 0.1) is 5.92 Å². The molecule has 0 aliphatic carbocycles. The van der Waals surface area contributed by atoms with Crippen LogP contribution in [-0.4, -0.2) is 44.7 Å². The highest BCUT2D eigenvalue weighted by Crippen LogP contribution is 2.18. The summed E-state index contributed by atoms with van der Waals surface area (Å²) in [6.07, 6.45) is 1.72. The van der Waals surface area contributed by atoms with E-state index in [1.807, 2.05) is 6.92 Å². The first-order chi connectivity index (χ1) is 7.06. The molecule has 0 aromatic rings. The third-order valence-corrected chi connectivity index (χ3v) is 4.71. The van der Waals surface area contributed by atoms with Gasteiger partial charge in [0.25, 0.3) is 0 Å². The molecule has 0 amide bonds. The van der Waals surface area contributed by atoms with Crippen LogP contribution >= 0.6 is 0 Å². The lowest BCUT2D eigenvalue weighted by Gasteiger charge is -2.15. The standard InChI is InChI=1S/C10H22N2O2S/c1-3-11-6-4-8-15(13,14)12-7-5-10(2)9-12/h10-11H,3-9H2,1-2H3. The average molecular weight is 234 g/mol. The highest BCUT2D eigenvalue weighted by Gasteiger charge is 2.28. The largest absolute Gasteiger partial charge is 0.317 e. The van der Waals surface area contributed by atoms with Crippen LogP contribution in [0.2, 0.25) is 0 Å². The second-order valence-corrected chi connectivity index (χ2v) is 6.36. The van der Waals surface area contributed by atoms with Crippen molar-refractivity contribution in [3.05, 3.63) is 0 Å². The second kappa shape index (κ2) is 5.82. The molecule has 0 aromatic heterocycles. The Morgan fingerprint density at radius 3 is 2.73 bits per heavy atom. The van der Waals surface area contributed by atoms with E-state index in [-0.39, 0.29) is 5.75 Å². The number of hydrogen-bond donors (Lipinski definition) is 1. The molecule has 1 N–H and O–H groups in total. The van der Waals surface area contributed by atoms with Crippen molar-refractivity contribution < 1.29 is 8.42 Å². The maximum atomic E-state index is 11.8. The van der Waals surface area contributed by atoms with Crippen LogP contribution < -0.4 is 5.32 Å². The molecule has 0 radical (unpaired) electrons. The molecule has 0 spiro atoms. The summed E-state index contributed by atoms with van der Waals surface area (Å²) >= 11 is 0. The number of rotatable bonds is 6. The minimum absolute atomic E-state index is 0.284. The number of nitrogens with one attached hydrogen (secondary N) is 1. The van der Waals surface area contributed by atoms with Crippen LogP contribution in [0.3, 0.4) is 0 Å². The van der Waals surface area contributed by atoms with Crippen molar-refractivity contribution in [2.24, 2.45) is 5.92 Å². The maximum absolute atomic E-state index is 11.8. The fourth-order valence-corrected chi connectivity index (χ4v) is 3.47. The smallest absolute Gasteiger partial charge is 0.214 e. The molecule has 1 aliphatic heterocycles. The van der Waals surface area contributed by atoms with Crippen molar-refractivity contribution in [1.82, 2.24) is 9.62 Å². The van der Waals surface area contributed by atoms with E-state index in [0.29, 0.717) is 25.4 Å². The third kappa shape index (κ3) is 4.09. The summed E-state index contributed by atoms with van der Waals surface area (Å²) in [4.78, 5) is 0. The normalized spacial score (nSPS) is 23.5. The zero-order valence-electron chi connectivity index (χ0n) is 9.70. The summed E-state index contributed by atoms with van der Waals surface area (Å²) in [6.45, 7) is 7.25. The SMILES string of the molecule is CCNCCCS(=O)(=O)N1CCC(C)C1. The van der Waals surface area contributed by atoms with Gasteiger partial charge in [0.2, 0.25) is 10.0 Å². The van der Waals surface area contributed by atoms with Gasteiger partial charge in [0, 0.05) is 13.1 Å². The Hall–Kier alpha value is -0.130. The molecule has 4 nitrogen and oxygen atoms in total. The molecule has 1 unspecified atom stereocenters. The summed E-state index contributed by atoms with van der Waals surface area (Å²) in [6, 6.07) is 0. The monoisotopic (exact) mass is 234 g/mol. The molecule has 1 fully saturated rings. The quantitative estimate of drug-likeness (QED) is 0.687. The van der Waals surface area contributed by atoms with Crippen LogP contribution in [0.1, 0.15) is 26.7 Å². The molecule has 0 saturated carbocycles. The minimum Gasteiger partial charge on any atom is -0.317 e. The molecule has 0 bridgehead atoms. The Balaban J connectivity index is 2.32. The predicted molar refractivity (Wildman–Crippen MR) is 62.3 cm³/mol. The van der Waals surface area contributed by atoms with Crippen molar-refractivity contribution >= 4 is 10.0 Å². The van der Waals surface area contributed by atoms with E-state index < -0.39 is 10.0 Å². The van der Waals surface area contributed by atoms with Crippen LogP contribution in [0.15, 0.2) is 0 Å². The Kier molecular flexibility index (Phi) is 5.02. The summed E-state index contributed by atoms with van der Waals surface area (Å²) < 4.78 is 25.3. The van der Waals surface area contributed by atoms with Crippen LogP contribution in [-0.2, 0) is 10.0 Å². The Bertz CT molecular complexity index is 277. The maximum Gasteiger partial charge on any atom is 0.214 e. The number of sulfonamides is 1. The van der Waals surface area contributed by atoms with E-state index in [4.69, 9.17) is 0 Å². The summed E-state index contributed by atoms with van der Waals surface area (Å²) in [5, 5.41) is 3.14. The van der Waals surface area contributed by atoms with E-state index >= 15 is 0 Å². The van der Waals surface area contributed by atoms with Gasteiger partial charge < -0.3 is 5.32 Å². The second-order valence-electron chi connectivity index (χ2n) is 4.27. The van der Waals surface area contributed by atoms with Gasteiger partial charge in [-0.25, -0.2) is 12.7 Å². The molecular formula is C10H22N2O2S. The van der Waals surface area contributed by atoms with Crippen LogP contribution in [0.5, 0.6) is 0 Å². The molecular weight excluding hydrogens is 212 g/mol. The van der Waals surface area contributed by atoms with Crippen molar-refractivity contribution in [3.63, 3.8) is 0 Å². The van der Waals surface area contributed by atoms with Gasteiger partial charge in [0.15, 0.2) is 0 Å². The molecule has 1 saturated heterocycles. The van der Waals surface area contributed by atoms with Crippen molar-refractivity contribution in [3.8, 4) is 0 Å². The van der Waals surface area contributed by atoms with E-state index in [1.54, 1.807) is 4.31 Å². The van der Waals surface area contributed by atoms with Gasteiger partial charge in [-0.3, -0.25) is 0 Å². The molecule has 90 valence electrons. The van der Waals surface area contributed by atoms with Gasteiger partial charge in [-0.15, -0.1) is 0 Å². The lowest BCUT2D eigenvalue weighted by Crippen LogP contribution is -2.32. The first kappa shape index (κ1) is 12.9. The van der Waals surface area contributed by atoms with Gasteiger partial charge in [-0.2, -0.15) is 0 Å². The molecule has 1 heterocycles. The van der Waals surface area contributed by atoms with E-state index in [0.717, 1.165) is 19.5 Å². The summed E-state index contributed by atoms with van der Waals surface area (Å²) in [7, 11) is -2.98. The molecule has 15 heavy (non-hydrogen) atoms. The van der Waals surface area contributed by atoms with E-state index in [2.05, 4.69) is 12.2 Å². The fourth-order valence-electron chi connectivity index (χ4n) is 1.83. The molecule has 5 heteroatoms. The first-order valence-electron chi connectivity index (χ1n) is 5.75. The molecule has 1 rings (SSSR count). The highest BCUT2D eigenvalue weighted by atomic mass is 32.2. The van der Waals surface area contributed by atoms with Gasteiger partial charge in [0.1, 0.15) is 0 Å². The topological polar surface area (TPSA) is 49.4 Å². The fraction of sp³-hybridized carbons (Fsp3) is 1.00. The molecule has 1 atom stereocenters. The van der Waals surface area contributed by atoms with Crippen molar-refractivity contribution in [2.75, 3.05) is 31.9 Å². The Labute approximate surface area is 93.1 Å². The molecule has 1 aliphatic rings. The predicted octanol–water partition coefficient (Wildman–Crippen LogP) is 0.658. The summed E-state index contributed by atoms with van der Waals surface area (Å²) in [5.41, 5.74) is 0. The van der Waals surface area contributed by atoms with Crippen LogP contribution in [0.25, 0.3) is 0 Å². The third-order valence-electron chi connectivity index (χ3n) is 2.79. The summed E-state index contributed by atoms with van der Waals surface area (Å²) in [5.74, 6) is 0.806. The van der Waals surface area contributed by atoms with Gasteiger partial charge in [-0.05, 0) is 31.8 Å². The number of nitrogens with zero attached hydrogens (tertiary/aromatic N) is 1.